The molecule has 10 heavy (non-hydrogen) atoms. The van der Waals surface area contributed by atoms with Gasteiger partial charge in [-0.3, -0.25) is 4.55 Å². The minimum absolute atomic E-state index is 0.379. The first-order valence-corrected chi connectivity index (χ1v) is 4.07. The van der Waals surface area contributed by atoms with E-state index in [1.807, 2.05) is 0 Å². The summed E-state index contributed by atoms with van der Waals surface area (Å²) in [5, 5.41) is 0. The van der Waals surface area contributed by atoms with Crippen LogP contribution in [0.25, 0.3) is 0 Å². The molecule has 0 heterocycles. The van der Waals surface area contributed by atoms with Crippen molar-refractivity contribution >= 4 is 10.4 Å². The van der Waals surface area contributed by atoms with Crippen molar-refractivity contribution in [1.29, 1.82) is 0 Å². The zero-order valence-electron chi connectivity index (χ0n) is 6.16. The van der Waals surface area contributed by atoms with Crippen LogP contribution >= 0.6 is 0 Å². The lowest BCUT2D eigenvalue weighted by molar-refractivity contribution is 0.250. The minimum Gasteiger partial charge on any atom is -0.264 e. The average molecular weight is 167 g/mol. The number of hydrogen-bond donors (Lipinski definition) is 1. The molecule has 1 N–H and O–H groups in total. The Hall–Kier alpha value is -0.130. The quantitative estimate of drug-likeness (QED) is 0.623. The van der Waals surface area contributed by atoms with E-state index < -0.39 is 10.4 Å². The monoisotopic (exact) mass is 167 g/mol. The van der Waals surface area contributed by atoms with Crippen molar-refractivity contribution in [3.05, 3.63) is 6.61 Å². The van der Waals surface area contributed by atoms with Gasteiger partial charge in [-0.1, -0.05) is 20.8 Å². The Morgan fingerprint density at radius 3 is 1.90 bits per heavy atom. The summed E-state index contributed by atoms with van der Waals surface area (Å²) in [5.41, 5.74) is -0.379. The molecule has 0 unspecified atom stereocenters. The first-order chi connectivity index (χ1) is 4.21. The Morgan fingerprint density at radius 1 is 1.40 bits per heavy atom. The number of hydrogen-bond acceptors (Lipinski definition) is 3. The molecule has 0 amide bonds. The van der Waals surface area contributed by atoms with Gasteiger partial charge in [-0.25, -0.2) is 4.18 Å². The van der Waals surface area contributed by atoms with Crippen LogP contribution in [0.15, 0.2) is 0 Å². The molecule has 61 valence electrons. The summed E-state index contributed by atoms with van der Waals surface area (Å²) < 4.78 is 32.1. The van der Waals surface area contributed by atoms with E-state index in [-0.39, 0.29) is 5.41 Å². The summed E-state index contributed by atoms with van der Waals surface area (Å²) in [7, 11) is -4.31. The van der Waals surface area contributed by atoms with Crippen LogP contribution in [0.1, 0.15) is 20.8 Å². The Morgan fingerprint density at radius 2 is 1.80 bits per heavy atom. The maximum atomic E-state index is 9.98. The molecule has 0 spiro atoms. The fourth-order valence-electron chi connectivity index (χ4n) is 0.205. The Kier molecular flexibility index (Phi) is 2.82. The zero-order valence-corrected chi connectivity index (χ0v) is 6.97. The lowest BCUT2D eigenvalue weighted by Gasteiger charge is -2.14. The van der Waals surface area contributed by atoms with Crippen molar-refractivity contribution in [2.75, 3.05) is 0 Å². The highest BCUT2D eigenvalue weighted by atomic mass is 32.3. The molecular weight excluding hydrogens is 156 g/mol. The summed E-state index contributed by atoms with van der Waals surface area (Å²) in [6, 6.07) is 0. The van der Waals surface area contributed by atoms with Gasteiger partial charge in [0.25, 0.3) is 0 Å². The molecule has 1 radical (unpaired) electrons. The van der Waals surface area contributed by atoms with E-state index in [0.29, 0.717) is 0 Å². The second-order valence-electron chi connectivity index (χ2n) is 3.01. The summed E-state index contributed by atoms with van der Waals surface area (Å²) >= 11 is 0. The van der Waals surface area contributed by atoms with E-state index in [9.17, 15) is 8.42 Å². The third-order valence-corrected chi connectivity index (χ3v) is 0.863. The van der Waals surface area contributed by atoms with E-state index >= 15 is 0 Å². The molecule has 0 aromatic carbocycles. The smallest absolute Gasteiger partial charge is 0.264 e. The molecule has 0 aromatic rings. The van der Waals surface area contributed by atoms with Gasteiger partial charge in [0.15, 0.2) is 0 Å². The first-order valence-electron chi connectivity index (χ1n) is 2.71. The molecular formula is C5H11O4S. The molecule has 5 heteroatoms. The maximum absolute atomic E-state index is 9.98. The molecule has 0 saturated heterocycles. The molecule has 4 nitrogen and oxygen atoms in total. The highest BCUT2D eigenvalue weighted by molar-refractivity contribution is 7.80. The maximum Gasteiger partial charge on any atom is 0.397 e. The Bertz CT molecular complexity index is 186. The largest absolute Gasteiger partial charge is 0.397 e. The van der Waals surface area contributed by atoms with Gasteiger partial charge in [0.2, 0.25) is 0 Å². The van der Waals surface area contributed by atoms with Crippen LogP contribution in [-0.4, -0.2) is 13.0 Å². The third kappa shape index (κ3) is 7.87. The van der Waals surface area contributed by atoms with Crippen molar-refractivity contribution in [2.45, 2.75) is 20.8 Å². The van der Waals surface area contributed by atoms with Crippen LogP contribution in [-0.2, 0) is 14.6 Å². The fraction of sp³-hybridized carbons (Fsp3) is 0.800. The van der Waals surface area contributed by atoms with Crippen molar-refractivity contribution in [1.82, 2.24) is 0 Å². The zero-order chi connectivity index (χ0) is 8.41. The van der Waals surface area contributed by atoms with Crippen LogP contribution in [0.3, 0.4) is 0 Å². The molecule has 0 aliphatic carbocycles. The lowest BCUT2D eigenvalue weighted by atomic mass is 9.99. The van der Waals surface area contributed by atoms with E-state index in [1.165, 1.54) is 0 Å². The molecule has 0 aromatic heterocycles. The van der Waals surface area contributed by atoms with Gasteiger partial charge in [-0.15, -0.1) is 0 Å². The van der Waals surface area contributed by atoms with E-state index in [2.05, 4.69) is 4.18 Å². The summed E-state index contributed by atoms with van der Waals surface area (Å²) in [6.07, 6.45) is 0. The van der Waals surface area contributed by atoms with Gasteiger partial charge in [0.1, 0.15) is 6.61 Å². The van der Waals surface area contributed by atoms with Crippen LogP contribution in [0.5, 0.6) is 0 Å². The predicted octanol–water partition coefficient (Wildman–Crippen LogP) is 1.01. The normalized spacial score (nSPS) is 13.6. The van der Waals surface area contributed by atoms with Gasteiger partial charge in [0.05, 0.1) is 0 Å². The summed E-state index contributed by atoms with van der Waals surface area (Å²) in [6.45, 7) is 6.30. The Balaban J connectivity index is 3.79. The van der Waals surface area contributed by atoms with Crippen LogP contribution in [0.4, 0.5) is 0 Å². The molecule has 0 fully saturated rings. The van der Waals surface area contributed by atoms with Gasteiger partial charge in [0, 0.05) is 0 Å². The van der Waals surface area contributed by atoms with Crippen LogP contribution in [0.2, 0.25) is 0 Å². The van der Waals surface area contributed by atoms with E-state index in [4.69, 9.17) is 4.55 Å². The summed E-state index contributed by atoms with van der Waals surface area (Å²) in [5.74, 6) is 0. The van der Waals surface area contributed by atoms with Crippen molar-refractivity contribution < 1.29 is 17.2 Å². The highest BCUT2D eigenvalue weighted by Gasteiger charge is 2.15. The van der Waals surface area contributed by atoms with E-state index in [1.54, 1.807) is 20.8 Å². The number of rotatable bonds is 2. The standard InChI is InChI=1S/C5H11O4S/c1-5(2,3)4-9-10(6,7)8/h4H,1-3H3,(H,6,7,8). The SMILES string of the molecule is CC(C)(C)[CH]OS(=O)(=O)O. The molecule has 0 aliphatic rings. The first kappa shape index (κ1) is 9.87. The van der Waals surface area contributed by atoms with Crippen molar-refractivity contribution in [2.24, 2.45) is 5.41 Å². The highest BCUT2D eigenvalue weighted by Crippen LogP contribution is 2.18. The van der Waals surface area contributed by atoms with Gasteiger partial charge in [-0.2, -0.15) is 8.42 Å². The van der Waals surface area contributed by atoms with Gasteiger partial charge < -0.3 is 0 Å². The second-order valence-corrected chi connectivity index (χ2v) is 4.06. The molecule has 0 rings (SSSR count). The summed E-state index contributed by atoms with van der Waals surface area (Å²) in [4.78, 5) is 0. The van der Waals surface area contributed by atoms with Crippen LogP contribution < -0.4 is 0 Å². The minimum atomic E-state index is -4.31. The third-order valence-electron chi connectivity index (χ3n) is 0.523. The van der Waals surface area contributed by atoms with Crippen molar-refractivity contribution in [3.8, 4) is 0 Å². The molecule has 0 saturated carbocycles. The van der Waals surface area contributed by atoms with Gasteiger partial charge in [-0.05, 0) is 5.41 Å². The van der Waals surface area contributed by atoms with E-state index in [0.717, 1.165) is 6.61 Å². The molecule has 0 atom stereocenters. The molecule has 0 aliphatic heterocycles. The van der Waals surface area contributed by atoms with Gasteiger partial charge >= 0.3 is 10.4 Å². The topological polar surface area (TPSA) is 63.6 Å². The predicted molar refractivity (Wildman–Crippen MR) is 36.4 cm³/mol. The van der Waals surface area contributed by atoms with Crippen molar-refractivity contribution in [3.63, 3.8) is 0 Å². The Labute approximate surface area is 61.2 Å². The molecule has 0 bridgehead atoms. The fourth-order valence-corrected chi connectivity index (χ4v) is 0.615. The lowest BCUT2D eigenvalue weighted by Crippen LogP contribution is -2.12. The average Bonchev–Trinajstić information content (AvgIpc) is 1.57. The van der Waals surface area contributed by atoms with Crippen LogP contribution in [0, 0.1) is 12.0 Å². The second kappa shape index (κ2) is 2.86.